The van der Waals surface area contributed by atoms with E-state index >= 15 is 0 Å². The van der Waals surface area contributed by atoms with Gasteiger partial charge in [-0.15, -0.1) is 0 Å². The summed E-state index contributed by atoms with van der Waals surface area (Å²) in [5, 5.41) is 3.20. The number of amides is 2. The third kappa shape index (κ3) is 7.02. The minimum atomic E-state index is -0.838. The molecule has 2 amide bonds. The minimum absolute atomic E-state index is 0.00789. The fraction of sp³-hybridized carbons (Fsp3) is 0.357. The van der Waals surface area contributed by atoms with Crippen LogP contribution in [0, 0.1) is 0 Å². The molecule has 3 N–H and O–H groups in total. The summed E-state index contributed by atoms with van der Waals surface area (Å²) in [6.45, 7) is 3.42. The molecule has 1 aromatic carbocycles. The number of ether oxygens (including phenoxy) is 1. The molecular formula is C14H17Cl2N3O3S. The van der Waals surface area contributed by atoms with Gasteiger partial charge in [0.2, 0.25) is 5.91 Å². The van der Waals surface area contributed by atoms with Crippen LogP contribution in [0.3, 0.4) is 0 Å². The zero-order chi connectivity index (χ0) is 17.4. The maximum Gasteiger partial charge on any atom is 0.279 e. The summed E-state index contributed by atoms with van der Waals surface area (Å²) in [7, 11) is 0. The van der Waals surface area contributed by atoms with Gasteiger partial charge < -0.3 is 10.1 Å². The van der Waals surface area contributed by atoms with Crippen LogP contribution in [0.25, 0.3) is 0 Å². The molecule has 1 aromatic rings. The van der Waals surface area contributed by atoms with Gasteiger partial charge in [-0.2, -0.15) is 0 Å². The third-order valence-electron chi connectivity index (χ3n) is 2.60. The van der Waals surface area contributed by atoms with Gasteiger partial charge in [-0.25, -0.2) is 0 Å². The number of hydrogen-bond acceptors (Lipinski definition) is 4. The van der Waals surface area contributed by atoms with Gasteiger partial charge in [-0.1, -0.05) is 30.1 Å². The number of carbonyl (C=O) groups is 2. The maximum atomic E-state index is 11.9. The second-order valence-electron chi connectivity index (χ2n) is 4.58. The van der Waals surface area contributed by atoms with Crippen molar-refractivity contribution in [2.75, 3.05) is 0 Å². The highest BCUT2D eigenvalue weighted by Gasteiger charge is 2.16. The minimum Gasteiger partial charge on any atom is -0.479 e. The number of carbonyl (C=O) groups excluding carboxylic acids is 2. The highest BCUT2D eigenvalue weighted by molar-refractivity contribution is 7.80. The predicted octanol–water partition coefficient (Wildman–Crippen LogP) is 2.58. The Morgan fingerprint density at radius 2 is 2.00 bits per heavy atom. The van der Waals surface area contributed by atoms with E-state index in [0.717, 1.165) is 0 Å². The Balaban J connectivity index is 2.45. The van der Waals surface area contributed by atoms with Crippen LogP contribution in [0.15, 0.2) is 18.2 Å². The van der Waals surface area contributed by atoms with Crippen LogP contribution < -0.4 is 20.9 Å². The molecule has 0 heterocycles. The first-order chi connectivity index (χ1) is 10.8. The van der Waals surface area contributed by atoms with Gasteiger partial charge in [0.1, 0.15) is 5.75 Å². The van der Waals surface area contributed by atoms with E-state index in [-0.39, 0.29) is 11.0 Å². The van der Waals surface area contributed by atoms with Gasteiger partial charge in [0.25, 0.3) is 5.91 Å². The Hall–Kier alpha value is -1.57. The number of nitrogens with one attached hydrogen (secondary N) is 3. The maximum absolute atomic E-state index is 11.9. The fourth-order valence-corrected chi connectivity index (χ4v) is 2.10. The van der Waals surface area contributed by atoms with Gasteiger partial charge in [0.15, 0.2) is 11.2 Å². The van der Waals surface area contributed by atoms with Crippen molar-refractivity contribution in [2.45, 2.75) is 32.8 Å². The molecule has 0 spiro atoms. The molecule has 0 saturated carbocycles. The SMILES string of the molecule is CCCC(=O)NC(=S)NNC(=O)C(C)Oc1ccc(Cl)cc1Cl. The van der Waals surface area contributed by atoms with E-state index in [0.29, 0.717) is 28.6 Å². The number of benzene rings is 1. The lowest BCUT2D eigenvalue weighted by molar-refractivity contribution is -0.128. The fourth-order valence-electron chi connectivity index (χ4n) is 1.48. The molecule has 126 valence electrons. The molecule has 0 radical (unpaired) electrons. The molecular weight excluding hydrogens is 361 g/mol. The highest BCUT2D eigenvalue weighted by atomic mass is 35.5. The Kier molecular flexibility index (Phi) is 8.08. The Morgan fingerprint density at radius 3 is 2.61 bits per heavy atom. The standard InChI is InChI=1S/C14H17Cl2N3O3S/c1-3-4-12(20)17-14(23)19-18-13(21)8(2)22-11-6-5-9(15)7-10(11)16/h5-8H,3-4H2,1-2H3,(H,18,21)(H2,17,19,20,23). The van der Waals surface area contributed by atoms with Crippen LogP contribution >= 0.6 is 35.4 Å². The van der Waals surface area contributed by atoms with E-state index in [1.54, 1.807) is 19.1 Å². The lowest BCUT2D eigenvalue weighted by Gasteiger charge is -2.17. The van der Waals surface area contributed by atoms with Crippen molar-refractivity contribution < 1.29 is 14.3 Å². The first-order valence-corrected chi connectivity index (χ1v) is 8.01. The number of hydrogen-bond donors (Lipinski definition) is 3. The monoisotopic (exact) mass is 377 g/mol. The van der Waals surface area contributed by atoms with Crippen molar-refractivity contribution >= 4 is 52.3 Å². The van der Waals surface area contributed by atoms with Crippen LogP contribution in [0.4, 0.5) is 0 Å². The molecule has 1 rings (SSSR count). The summed E-state index contributed by atoms with van der Waals surface area (Å²) in [5.41, 5.74) is 4.77. The van der Waals surface area contributed by atoms with Crippen LogP contribution in [-0.4, -0.2) is 23.0 Å². The molecule has 0 aliphatic rings. The lowest BCUT2D eigenvalue weighted by atomic mass is 10.3. The van der Waals surface area contributed by atoms with E-state index in [2.05, 4.69) is 16.2 Å². The first-order valence-electron chi connectivity index (χ1n) is 6.84. The number of hydrazine groups is 1. The third-order valence-corrected chi connectivity index (χ3v) is 3.33. The Morgan fingerprint density at radius 1 is 1.30 bits per heavy atom. The van der Waals surface area contributed by atoms with E-state index < -0.39 is 12.0 Å². The summed E-state index contributed by atoms with van der Waals surface area (Å²) in [6, 6.07) is 4.68. The number of thiocarbonyl (C=S) groups is 1. The topological polar surface area (TPSA) is 79.5 Å². The zero-order valence-electron chi connectivity index (χ0n) is 12.6. The smallest absolute Gasteiger partial charge is 0.279 e. The summed E-state index contributed by atoms with van der Waals surface area (Å²) < 4.78 is 5.44. The Bertz CT molecular complexity index is 599. The molecule has 23 heavy (non-hydrogen) atoms. The van der Waals surface area contributed by atoms with Crippen molar-refractivity contribution in [1.29, 1.82) is 0 Å². The second-order valence-corrected chi connectivity index (χ2v) is 5.83. The number of halogens is 2. The lowest BCUT2D eigenvalue weighted by Crippen LogP contribution is -2.51. The van der Waals surface area contributed by atoms with Gasteiger partial charge in [0.05, 0.1) is 5.02 Å². The van der Waals surface area contributed by atoms with E-state index in [1.807, 2.05) is 6.92 Å². The summed E-state index contributed by atoms with van der Waals surface area (Å²) in [5.74, 6) is -0.378. The van der Waals surface area contributed by atoms with E-state index in [1.165, 1.54) is 6.07 Å². The predicted molar refractivity (Wildman–Crippen MR) is 93.5 cm³/mol. The van der Waals surface area contributed by atoms with E-state index in [4.69, 9.17) is 40.2 Å². The van der Waals surface area contributed by atoms with Crippen molar-refractivity contribution in [2.24, 2.45) is 0 Å². The largest absolute Gasteiger partial charge is 0.479 e. The second kappa shape index (κ2) is 9.54. The average molecular weight is 378 g/mol. The van der Waals surface area contributed by atoms with Crippen molar-refractivity contribution in [3.05, 3.63) is 28.2 Å². The molecule has 1 unspecified atom stereocenters. The molecule has 0 fully saturated rings. The van der Waals surface area contributed by atoms with Crippen LogP contribution in [0.1, 0.15) is 26.7 Å². The summed E-state index contributed by atoms with van der Waals surface area (Å²) >= 11 is 16.6. The van der Waals surface area contributed by atoms with E-state index in [9.17, 15) is 9.59 Å². The van der Waals surface area contributed by atoms with Crippen LogP contribution in [0.2, 0.25) is 10.0 Å². The summed E-state index contributed by atoms with van der Waals surface area (Å²) in [6.07, 6.45) is 0.216. The quantitative estimate of drug-likeness (QED) is 0.542. The Labute approximate surface area is 149 Å². The molecule has 0 aliphatic carbocycles. The van der Waals surface area contributed by atoms with Gasteiger partial charge in [-0.3, -0.25) is 20.4 Å². The molecule has 6 nitrogen and oxygen atoms in total. The van der Waals surface area contributed by atoms with Gasteiger partial charge in [0, 0.05) is 11.4 Å². The van der Waals surface area contributed by atoms with Crippen molar-refractivity contribution in [3.63, 3.8) is 0 Å². The molecule has 1 atom stereocenters. The first kappa shape index (κ1) is 19.5. The highest BCUT2D eigenvalue weighted by Crippen LogP contribution is 2.28. The molecule has 0 aromatic heterocycles. The molecule has 0 bridgehead atoms. The van der Waals surface area contributed by atoms with Crippen molar-refractivity contribution in [1.82, 2.24) is 16.2 Å². The van der Waals surface area contributed by atoms with Crippen LogP contribution in [-0.2, 0) is 9.59 Å². The number of rotatable bonds is 5. The molecule has 9 heteroatoms. The van der Waals surface area contributed by atoms with Crippen molar-refractivity contribution in [3.8, 4) is 5.75 Å². The zero-order valence-corrected chi connectivity index (χ0v) is 14.9. The molecule has 0 aliphatic heterocycles. The normalized spacial score (nSPS) is 11.3. The summed E-state index contributed by atoms with van der Waals surface area (Å²) in [4.78, 5) is 23.2. The average Bonchev–Trinajstić information content (AvgIpc) is 2.47. The van der Waals surface area contributed by atoms with Crippen LogP contribution in [0.5, 0.6) is 5.75 Å². The van der Waals surface area contributed by atoms with Gasteiger partial charge in [-0.05, 0) is 43.8 Å². The van der Waals surface area contributed by atoms with Gasteiger partial charge >= 0.3 is 0 Å². The molecule has 0 saturated heterocycles.